The molecule has 0 aliphatic carbocycles. The van der Waals surface area contributed by atoms with E-state index in [-0.39, 0.29) is 17.1 Å². The molecule has 4 N–H and O–H groups in total. The van der Waals surface area contributed by atoms with Crippen LogP contribution in [0.1, 0.15) is 22.8 Å². The lowest BCUT2D eigenvalue weighted by atomic mass is 10.0. The molecule has 0 unspecified atom stereocenters. The Morgan fingerprint density at radius 2 is 1.59 bits per heavy atom. The number of carbonyl (C=O) groups excluding carboxylic acids is 2. The molecule has 8 heteroatoms. The zero-order chi connectivity index (χ0) is 21.1. The number of carbonyl (C=O) groups is 2. The molecule has 0 saturated heterocycles. The highest BCUT2D eigenvalue weighted by Crippen LogP contribution is 2.05. The van der Waals surface area contributed by atoms with Crippen LogP contribution in [0, 0.1) is 0 Å². The predicted molar refractivity (Wildman–Crippen MR) is 116 cm³/mol. The molecule has 2 atom stereocenters. The van der Waals surface area contributed by atoms with Crippen LogP contribution in [0.15, 0.2) is 60.7 Å². The van der Waals surface area contributed by atoms with Crippen LogP contribution in [0.4, 0.5) is 0 Å². The second-order valence-corrected chi connectivity index (χ2v) is 6.93. The van der Waals surface area contributed by atoms with E-state index in [2.05, 4.69) is 21.5 Å². The van der Waals surface area contributed by atoms with Gasteiger partial charge in [-0.25, -0.2) is 0 Å². The van der Waals surface area contributed by atoms with Gasteiger partial charge in [0, 0.05) is 25.1 Å². The average molecular weight is 415 g/mol. The summed E-state index contributed by atoms with van der Waals surface area (Å²) in [6.07, 6.45) is 0.340. The van der Waals surface area contributed by atoms with Crippen LogP contribution in [0.2, 0.25) is 0 Å². The monoisotopic (exact) mass is 414 g/mol. The second kappa shape index (κ2) is 11.8. The number of rotatable bonds is 8. The van der Waals surface area contributed by atoms with Gasteiger partial charge in [-0.3, -0.25) is 20.4 Å². The number of hydrogen-bond acceptors (Lipinski definition) is 4. The number of nitrogens with one attached hydrogen (secondary N) is 4. The summed E-state index contributed by atoms with van der Waals surface area (Å²) in [6, 6.07) is 17.4. The molecule has 0 aliphatic rings. The number of ether oxygens (including phenoxy) is 1. The third kappa shape index (κ3) is 7.89. The largest absolute Gasteiger partial charge is 0.383 e. The predicted octanol–water partition coefficient (Wildman–Crippen LogP) is 1.56. The summed E-state index contributed by atoms with van der Waals surface area (Å²) in [6.45, 7) is 2.37. The van der Waals surface area contributed by atoms with Crippen molar-refractivity contribution in [2.45, 2.75) is 25.4 Å². The number of methoxy groups -OCH3 is 1. The lowest BCUT2D eigenvalue weighted by Crippen LogP contribution is -2.56. The van der Waals surface area contributed by atoms with E-state index in [1.807, 2.05) is 43.3 Å². The van der Waals surface area contributed by atoms with Crippen molar-refractivity contribution in [3.05, 3.63) is 71.8 Å². The van der Waals surface area contributed by atoms with Gasteiger partial charge in [0.05, 0.1) is 6.61 Å². The zero-order valence-corrected chi connectivity index (χ0v) is 17.3. The van der Waals surface area contributed by atoms with E-state index >= 15 is 0 Å². The molecule has 7 nitrogen and oxygen atoms in total. The first-order chi connectivity index (χ1) is 14.0. The van der Waals surface area contributed by atoms with Crippen molar-refractivity contribution in [3.8, 4) is 0 Å². The first-order valence-corrected chi connectivity index (χ1v) is 9.65. The number of hydrogen-bond donors (Lipinski definition) is 4. The van der Waals surface area contributed by atoms with E-state index in [1.54, 1.807) is 31.4 Å². The van der Waals surface area contributed by atoms with Crippen molar-refractivity contribution in [3.63, 3.8) is 0 Å². The minimum absolute atomic E-state index is 0.0187. The Balaban J connectivity index is 2.01. The number of benzene rings is 2. The molecule has 0 bridgehead atoms. The Morgan fingerprint density at radius 1 is 0.966 bits per heavy atom. The Kier molecular flexibility index (Phi) is 9.07. The van der Waals surface area contributed by atoms with Crippen LogP contribution >= 0.6 is 12.2 Å². The Morgan fingerprint density at radius 3 is 2.21 bits per heavy atom. The van der Waals surface area contributed by atoms with Crippen LogP contribution < -0.4 is 21.5 Å². The summed E-state index contributed by atoms with van der Waals surface area (Å²) in [5, 5.41) is 6.04. The molecule has 2 amide bonds. The van der Waals surface area contributed by atoms with Gasteiger partial charge < -0.3 is 15.4 Å². The molecular formula is C21H26N4O3S. The first kappa shape index (κ1) is 22.3. The van der Waals surface area contributed by atoms with E-state index in [0.717, 1.165) is 5.56 Å². The van der Waals surface area contributed by atoms with E-state index in [1.165, 1.54) is 0 Å². The Hall–Kier alpha value is -2.97. The van der Waals surface area contributed by atoms with Gasteiger partial charge in [-0.05, 0) is 36.8 Å². The molecular weight excluding hydrogens is 388 g/mol. The summed E-state index contributed by atoms with van der Waals surface area (Å²) in [7, 11) is 1.60. The molecule has 29 heavy (non-hydrogen) atoms. The maximum atomic E-state index is 12.7. The summed E-state index contributed by atoms with van der Waals surface area (Å²) >= 11 is 5.16. The first-order valence-electron chi connectivity index (χ1n) is 9.24. The number of hydrazine groups is 1. The second-order valence-electron chi connectivity index (χ2n) is 6.53. The highest BCUT2D eigenvalue weighted by Gasteiger charge is 2.22. The van der Waals surface area contributed by atoms with Crippen LogP contribution in [0.5, 0.6) is 0 Å². The fourth-order valence-electron chi connectivity index (χ4n) is 2.65. The fraction of sp³-hybridized carbons (Fsp3) is 0.286. The van der Waals surface area contributed by atoms with Crippen molar-refractivity contribution in [2.75, 3.05) is 13.7 Å². The van der Waals surface area contributed by atoms with Gasteiger partial charge in [0.25, 0.3) is 11.8 Å². The van der Waals surface area contributed by atoms with Crippen LogP contribution in [-0.2, 0) is 16.0 Å². The van der Waals surface area contributed by atoms with Gasteiger partial charge in [0.2, 0.25) is 0 Å². The molecule has 0 heterocycles. The number of thiocarbonyl (C=S) groups is 1. The van der Waals surface area contributed by atoms with E-state index in [0.29, 0.717) is 18.6 Å². The zero-order valence-electron chi connectivity index (χ0n) is 16.5. The third-order valence-electron chi connectivity index (χ3n) is 4.03. The standard InChI is InChI=1S/C21H26N4O3S/c1-15(14-28-2)22-21(29)25-24-20(27)18(13-16-9-5-3-6-10-16)23-19(26)17-11-7-4-8-12-17/h3-12,15,18H,13-14H2,1-2H3,(H,23,26)(H,24,27)(H2,22,25,29)/t15-,18-/m0/s1. The highest BCUT2D eigenvalue weighted by atomic mass is 32.1. The van der Waals surface area contributed by atoms with Crippen molar-refractivity contribution < 1.29 is 14.3 Å². The van der Waals surface area contributed by atoms with E-state index < -0.39 is 11.9 Å². The lowest BCUT2D eigenvalue weighted by molar-refractivity contribution is -0.123. The van der Waals surface area contributed by atoms with Gasteiger partial charge >= 0.3 is 0 Å². The molecule has 2 rings (SSSR count). The molecule has 0 spiro atoms. The molecule has 2 aromatic carbocycles. The van der Waals surface area contributed by atoms with Gasteiger partial charge in [-0.15, -0.1) is 0 Å². The normalized spacial score (nSPS) is 12.3. The average Bonchev–Trinajstić information content (AvgIpc) is 2.73. The highest BCUT2D eigenvalue weighted by molar-refractivity contribution is 7.80. The minimum Gasteiger partial charge on any atom is -0.383 e. The smallest absolute Gasteiger partial charge is 0.261 e. The SMILES string of the molecule is COC[C@H](C)NC(=S)NNC(=O)[C@H](Cc1ccccc1)NC(=O)c1ccccc1. The summed E-state index contributed by atoms with van der Waals surface area (Å²) in [5.74, 6) is -0.724. The Labute approximate surface area is 176 Å². The quantitative estimate of drug-likeness (QED) is 0.387. The molecule has 154 valence electrons. The summed E-state index contributed by atoms with van der Waals surface area (Å²) < 4.78 is 5.04. The molecule has 0 saturated carbocycles. The molecule has 0 radical (unpaired) electrons. The maximum absolute atomic E-state index is 12.7. The van der Waals surface area contributed by atoms with Crippen LogP contribution in [0.25, 0.3) is 0 Å². The van der Waals surface area contributed by atoms with Gasteiger partial charge in [-0.2, -0.15) is 0 Å². The van der Waals surface area contributed by atoms with E-state index in [9.17, 15) is 9.59 Å². The fourth-order valence-corrected chi connectivity index (χ4v) is 2.90. The van der Waals surface area contributed by atoms with Crippen molar-refractivity contribution in [1.29, 1.82) is 0 Å². The van der Waals surface area contributed by atoms with Crippen LogP contribution in [-0.4, -0.2) is 42.7 Å². The van der Waals surface area contributed by atoms with Crippen molar-refractivity contribution in [1.82, 2.24) is 21.5 Å². The van der Waals surface area contributed by atoms with Gasteiger partial charge in [-0.1, -0.05) is 48.5 Å². The summed E-state index contributed by atoms with van der Waals surface area (Å²) in [5.41, 5.74) is 6.63. The van der Waals surface area contributed by atoms with Crippen molar-refractivity contribution >= 4 is 29.1 Å². The molecule has 0 aromatic heterocycles. The summed E-state index contributed by atoms with van der Waals surface area (Å²) in [4.78, 5) is 25.3. The maximum Gasteiger partial charge on any atom is 0.261 e. The number of amides is 2. The van der Waals surface area contributed by atoms with Gasteiger partial charge in [0.15, 0.2) is 5.11 Å². The van der Waals surface area contributed by atoms with E-state index in [4.69, 9.17) is 17.0 Å². The Bertz CT molecular complexity index is 802. The van der Waals surface area contributed by atoms with Crippen molar-refractivity contribution in [2.24, 2.45) is 0 Å². The van der Waals surface area contributed by atoms with Gasteiger partial charge in [0.1, 0.15) is 6.04 Å². The molecule has 0 fully saturated rings. The van der Waals surface area contributed by atoms with Crippen LogP contribution in [0.3, 0.4) is 0 Å². The topological polar surface area (TPSA) is 91.5 Å². The lowest BCUT2D eigenvalue weighted by Gasteiger charge is -2.21. The minimum atomic E-state index is -0.781. The molecule has 0 aliphatic heterocycles. The third-order valence-corrected chi connectivity index (χ3v) is 4.25. The molecule has 2 aromatic rings.